The van der Waals surface area contributed by atoms with Crippen LogP contribution in [0.15, 0.2) is 36.5 Å². The van der Waals surface area contributed by atoms with Crippen LogP contribution in [0.4, 0.5) is 10.2 Å². The van der Waals surface area contributed by atoms with E-state index < -0.39 is 0 Å². The zero-order chi connectivity index (χ0) is 20.0. The summed E-state index contributed by atoms with van der Waals surface area (Å²) in [5.41, 5.74) is 0.993. The standard InChI is InChI=1S/C23H27FN4O/c1-14-10-16(11-14)23(29)26-19-13-18-6-7-20(19)28(18)22-8-9-25-21(27-22)12-15-2-4-17(24)5-3-15/h2-5,8-9,14,16,18-20H,6-7,10-13H2,1H3,(H,26,29)/t14?,16?,18-,19+,20+/m0/s1. The van der Waals surface area contributed by atoms with Gasteiger partial charge in [-0.05, 0) is 61.8 Å². The van der Waals surface area contributed by atoms with E-state index in [0.717, 1.165) is 49.3 Å². The lowest BCUT2D eigenvalue weighted by Crippen LogP contribution is -2.48. The minimum Gasteiger partial charge on any atom is -0.351 e. The van der Waals surface area contributed by atoms with Crippen molar-refractivity contribution in [3.8, 4) is 0 Å². The first-order chi connectivity index (χ1) is 14.1. The second-order valence-electron chi connectivity index (χ2n) is 8.96. The molecule has 2 aromatic rings. The van der Waals surface area contributed by atoms with E-state index >= 15 is 0 Å². The summed E-state index contributed by atoms with van der Waals surface area (Å²) < 4.78 is 13.1. The van der Waals surface area contributed by atoms with Crippen LogP contribution in [-0.2, 0) is 11.2 Å². The molecule has 29 heavy (non-hydrogen) atoms. The van der Waals surface area contributed by atoms with Crippen LogP contribution in [0.1, 0.15) is 50.4 Å². The highest BCUT2D eigenvalue weighted by atomic mass is 19.1. The molecule has 2 saturated heterocycles. The van der Waals surface area contributed by atoms with Gasteiger partial charge in [0, 0.05) is 24.6 Å². The highest BCUT2D eigenvalue weighted by Gasteiger charge is 2.48. The van der Waals surface area contributed by atoms with E-state index in [4.69, 9.17) is 4.98 Å². The first-order valence-corrected chi connectivity index (χ1v) is 10.7. The molecule has 1 amide bonds. The predicted octanol–water partition coefficient (Wildman–Crippen LogP) is 3.48. The molecule has 0 unspecified atom stereocenters. The van der Waals surface area contributed by atoms with E-state index in [1.165, 1.54) is 12.1 Å². The summed E-state index contributed by atoms with van der Waals surface area (Å²) in [6.45, 7) is 2.21. The lowest BCUT2D eigenvalue weighted by Gasteiger charge is -2.33. The summed E-state index contributed by atoms with van der Waals surface area (Å²) in [6.07, 6.45) is 7.67. The first kappa shape index (κ1) is 18.5. The van der Waals surface area contributed by atoms with Gasteiger partial charge in [-0.15, -0.1) is 0 Å². The molecule has 2 aliphatic heterocycles. The van der Waals surface area contributed by atoms with Crippen LogP contribution in [0.5, 0.6) is 0 Å². The number of benzene rings is 1. The lowest BCUT2D eigenvalue weighted by atomic mass is 9.75. The molecule has 5 nitrogen and oxygen atoms in total. The summed E-state index contributed by atoms with van der Waals surface area (Å²) in [6, 6.07) is 9.42. The molecule has 3 fully saturated rings. The van der Waals surface area contributed by atoms with Gasteiger partial charge in [0.15, 0.2) is 0 Å². The number of carbonyl (C=O) groups is 1. The summed E-state index contributed by atoms with van der Waals surface area (Å²) in [7, 11) is 0. The Morgan fingerprint density at radius 2 is 1.97 bits per heavy atom. The van der Waals surface area contributed by atoms with Crippen LogP contribution >= 0.6 is 0 Å². The minimum absolute atomic E-state index is 0.207. The fourth-order valence-electron chi connectivity index (χ4n) is 5.32. The lowest BCUT2D eigenvalue weighted by molar-refractivity contribution is -0.129. The van der Waals surface area contributed by atoms with E-state index in [-0.39, 0.29) is 23.7 Å². The molecule has 1 N–H and O–H groups in total. The monoisotopic (exact) mass is 394 g/mol. The average Bonchev–Trinajstić information content (AvgIpc) is 3.25. The van der Waals surface area contributed by atoms with Gasteiger partial charge in [-0.2, -0.15) is 0 Å². The van der Waals surface area contributed by atoms with Crippen molar-refractivity contribution < 1.29 is 9.18 Å². The van der Waals surface area contributed by atoms with Gasteiger partial charge >= 0.3 is 0 Å². The fraction of sp³-hybridized carbons (Fsp3) is 0.522. The zero-order valence-corrected chi connectivity index (χ0v) is 16.7. The van der Waals surface area contributed by atoms with Gasteiger partial charge in [0.2, 0.25) is 5.91 Å². The third-order valence-electron chi connectivity index (χ3n) is 6.84. The average molecular weight is 394 g/mol. The minimum atomic E-state index is -0.235. The Bertz CT molecular complexity index is 896. The molecule has 1 aromatic heterocycles. The van der Waals surface area contributed by atoms with Crippen molar-refractivity contribution in [2.45, 2.75) is 63.6 Å². The molecule has 1 aliphatic carbocycles. The zero-order valence-electron chi connectivity index (χ0n) is 16.7. The molecule has 1 saturated carbocycles. The maximum atomic E-state index is 13.1. The number of halogens is 1. The number of nitrogens with one attached hydrogen (secondary N) is 1. The summed E-state index contributed by atoms with van der Waals surface area (Å²) in [4.78, 5) is 24.2. The highest BCUT2D eigenvalue weighted by Crippen LogP contribution is 2.41. The van der Waals surface area contributed by atoms with Gasteiger partial charge in [0.1, 0.15) is 17.5 Å². The summed E-state index contributed by atoms with van der Waals surface area (Å²) in [5.74, 6) is 2.58. The predicted molar refractivity (Wildman–Crippen MR) is 109 cm³/mol. The molecular formula is C23H27FN4O. The third kappa shape index (κ3) is 3.61. The first-order valence-electron chi connectivity index (χ1n) is 10.7. The molecule has 3 heterocycles. The van der Waals surface area contributed by atoms with Crippen LogP contribution < -0.4 is 10.2 Å². The quantitative estimate of drug-likeness (QED) is 0.844. The number of aromatic nitrogens is 2. The number of hydrogen-bond donors (Lipinski definition) is 1. The van der Waals surface area contributed by atoms with Crippen molar-refractivity contribution in [3.63, 3.8) is 0 Å². The highest BCUT2D eigenvalue weighted by molar-refractivity contribution is 5.80. The van der Waals surface area contributed by atoms with Gasteiger partial charge in [0.25, 0.3) is 0 Å². The Balaban J connectivity index is 1.28. The Hall–Kier alpha value is -2.50. The van der Waals surface area contributed by atoms with Crippen molar-refractivity contribution in [1.29, 1.82) is 0 Å². The molecule has 1 aromatic carbocycles. The largest absolute Gasteiger partial charge is 0.351 e. The number of fused-ring (bicyclic) bond motifs is 2. The Morgan fingerprint density at radius 3 is 2.72 bits per heavy atom. The number of nitrogens with zero attached hydrogens (tertiary/aromatic N) is 3. The van der Waals surface area contributed by atoms with Crippen molar-refractivity contribution in [3.05, 3.63) is 53.7 Å². The van der Waals surface area contributed by atoms with Crippen LogP contribution in [0.3, 0.4) is 0 Å². The third-order valence-corrected chi connectivity index (χ3v) is 6.84. The molecule has 3 atom stereocenters. The molecule has 6 heteroatoms. The summed E-state index contributed by atoms with van der Waals surface area (Å²) >= 11 is 0. The Kier molecular flexibility index (Phi) is 4.72. The van der Waals surface area contributed by atoms with Gasteiger partial charge in [0.05, 0.1) is 12.1 Å². The number of amides is 1. The van der Waals surface area contributed by atoms with Crippen LogP contribution in [0.25, 0.3) is 0 Å². The second kappa shape index (κ2) is 7.39. The molecule has 3 aliphatic rings. The smallest absolute Gasteiger partial charge is 0.223 e. The summed E-state index contributed by atoms with van der Waals surface area (Å²) in [5, 5.41) is 3.33. The SMILES string of the molecule is CC1CC(C(=O)N[C@@H]2C[C@@H]3CC[C@H]2N3c2ccnc(Cc3ccc(F)cc3)n2)C1. The van der Waals surface area contributed by atoms with E-state index in [9.17, 15) is 9.18 Å². The maximum Gasteiger partial charge on any atom is 0.223 e. The number of carbonyl (C=O) groups excluding carboxylic acids is 1. The fourth-order valence-corrected chi connectivity index (χ4v) is 5.32. The van der Waals surface area contributed by atoms with E-state index in [1.807, 2.05) is 12.3 Å². The van der Waals surface area contributed by atoms with E-state index in [1.54, 1.807) is 12.1 Å². The van der Waals surface area contributed by atoms with Crippen molar-refractivity contribution in [2.24, 2.45) is 11.8 Å². The van der Waals surface area contributed by atoms with E-state index in [0.29, 0.717) is 24.4 Å². The van der Waals surface area contributed by atoms with Crippen molar-refractivity contribution >= 4 is 11.7 Å². The molecule has 0 spiro atoms. The van der Waals surface area contributed by atoms with Crippen LogP contribution in [-0.4, -0.2) is 34.0 Å². The van der Waals surface area contributed by atoms with Crippen LogP contribution in [0, 0.1) is 17.7 Å². The molecule has 2 bridgehead atoms. The number of rotatable bonds is 5. The molecular weight excluding hydrogens is 367 g/mol. The molecule has 5 rings (SSSR count). The van der Waals surface area contributed by atoms with Crippen LogP contribution in [0.2, 0.25) is 0 Å². The Labute approximate surface area is 170 Å². The van der Waals surface area contributed by atoms with E-state index in [2.05, 4.69) is 22.1 Å². The van der Waals surface area contributed by atoms with Gasteiger partial charge in [-0.1, -0.05) is 19.1 Å². The topological polar surface area (TPSA) is 58.1 Å². The van der Waals surface area contributed by atoms with Gasteiger partial charge in [-0.3, -0.25) is 4.79 Å². The molecule has 0 radical (unpaired) electrons. The number of anilines is 1. The van der Waals surface area contributed by atoms with Gasteiger partial charge in [-0.25, -0.2) is 14.4 Å². The van der Waals surface area contributed by atoms with Crippen molar-refractivity contribution in [2.75, 3.05) is 4.90 Å². The van der Waals surface area contributed by atoms with Gasteiger partial charge < -0.3 is 10.2 Å². The maximum absolute atomic E-state index is 13.1. The Morgan fingerprint density at radius 1 is 1.17 bits per heavy atom. The normalized spacial score (nSPS) is 30.3. The second-order valence-corrected chi connectivity index (χ2v) is 8.96. The number of hydrogen-bond acceptors (Lipinski definition) is 4. The molecule has 152 valence electrons. The van der Waals surface area contributed by atoms with Crippen molar-refractivity contribution in [1.82, 2.24) is 15.3 Å².